The van der Waals surface area contributed by atoms with E-state index in [0.29, 0.717) is 18.5 Å². The first kappa shape index (κ1) is 22.7. The molecule has 0 radical (unpaired) electrons. The maximum Gasteiger partial charge on any atom is 0.573 e. The highest BCUT2D eigenvalue weighted by molar-refractivity contribution is 7.98. The number of halogens is 3. The van der Waals surface area contributed by atoms with Gasteiger partial charge < -0.3 is 15.0 Å². The fraction of sp³-hybridized carbons (Fsp3) is 0.167. The third kappa shape index (κ3) is 6.07. The Labute approximate surface area is 192 Å². The van der Waals surface area contributed by atoms with Crippen LogP contribution in [0.1, 0.15) is 21.5 Å². The first-order valence-electron chi connectivity index (χ1n) is 10.1. The molecule has 33 heavy (non-hydrogen) atoms. The monoisotopic (exact) mass is 471 g/mol. The summed E-state index contributed by atoms with van der Waals surface area (Å²) in [6.07, 6.45) is 0.957. The fourth-order valence-electron chi connectivity index (χ4n) is 3.36. The fourth-order valence-corrected chi connectivity index (χ4v) is 4.42. The number of alkyl halides is 3. The van der Waals surface area contributed by atoms with Gasteiger partial charge in [-0.25, -0.2) is 0 Å². The average Bonchev–Trinajstić information content (AvgIpc) is 3.23. The van der Waals surface area contributed by atoms with Gasteiger partial charge in [-0.05, 0) is 53.9 Å². The van der Waals surface area contributed by atoms with E-state index in [2.05, 4.69) is 20.0 Å². The molecule has 0 aliphatic carbocycles. The van der Waals surface area contributed by atoms with Crippen molar-refractivity contribution in [2.75, 3.05) is 6.54 Å². The van der Waals surface area contributed by atoms with Gasteiger partial charge in [0.25, 0.3) is 5.91 Å². The van der Waals surface area contributed by atoms with Crippen molar-refractivity contribution >= 4 is 28.6 Å². The van der Waals surface area contributed by atoms with Gasteiger partial charge >= 0.3 is 6.36 Å². The number of benzene rings is 2. The van der Waals surface area contributed by atoms with Crippen LogP contribution >= 0.6 is 11.8 Å². The van der Waals surface area contributed by atoms with Crippen LogP contribution in [0.15, 0.2) is 78.1 Å². The molecule has 2 aromatic carbocycles. The van der Waals surface area contributed by atoms with Crippen molar-refractivity contribution in [1.82, 2.24) is 15.3 Å². The molecule has 0 saturated carbocycles. The topological polar surface area (TPSA) is 67.0 Å². The summed E-state index contributed by atoms with van der Waals surface area (Å²) in [5.41, 5.74) is 3.36. The zero-order valence-electron chi connectivity index (χ0n) is 17.4. The molecule has 9 heteroatoms. The Morgan fingerprint density at radius 1 is 1.03 bits per heavy atom. The number of H-pyrrole nitrogens is 1. The van der Waals surface area contributed by atoms with Gasteiger partial charge in [-0.3, -0.25) is 9.78 Å². The highest BCUT2D eigenvalue weighted by Gasteiger charge is 2.30. The van der Waals surface area contributed by atoms with E-state index in [1.54, 1.807) is 42.5 Å². The Balaban J connectivity index is 1.39. The standard InChI is InChI=1S/C24H20F3N3O2S/c25-24(26,27)32-18-6-4-16(5-7-18)10-13-29-23(31)19-14-30-20-2-1-3-21(22(19)20)33-15-17-8-11-28-12-9-17/h1-9,11-12,14,30H,10,13,15H2,(H,29,31). The lowest BCUT2D eigenvalue weighted by Crippen LogP contribution is -2.25. The van der Waals surface area contributed by atoms with E-state index >= 15 is 0 Å². The van der Waals surface area contributed by atoms with Gasteiger partial charge in [0.15, 0.2) is 0 Å². The van der Waals surface area contributed by atoms with E-state index in [-0.39, 0.29) is 11.7 Å². The normalized spacial score (nSPS) is 11.5. The second-order valence-corrected chi connectivity index (χ2v) is 8.24. The molecule has 0 atom stereocenters. The number of pyridine rings is 1. The summed E-state index contributed by atoms with van der Waals surface area (Å²) in [5, 5.41) is 3.76. The lowest BCUT2D eigenvalue weighted by Gasteiger charge is -2.10. The Hall–Kier alpha value is -3.46. The molecule has 170 valence electrons. The molecule has 0 bridgehead atoms. The number of aromatic nitrogens is 2. The first-order chi connectivity index (χ1) is 15.9. The minimum absolute atomic E-state index is 0.213. The number of ether oxygens (including phenoxy) is 1. The third-order valence-electron chi connectivity index (χ3n) is 4.91. The summed E-state index contributed by atoms with van der Waals surface area (Å²) in [4.78, 5) is 21.0. The number of nitrogens with one attached hydrogen (secondary N) is 2. The molecule has 5 nitrogen and oxygen atoms in total. The van der Waals surface area contributed by atoms with Gasteiger partial charge in [0.05, 0.1) is 5.56 Å². The van der Waals surface area contributed by atoms with E-state index in [1.165, 1.54) is 12.1 Å². The van der Waals surface area contributed by atoms with Crippen LogP contribution in [-0.4, -0.2) is 28.8 Å². The predicted molar refractivity (Wildman–Crippen MR) is 121 cm³/mol. The summed E-state index contributed by atoms with van der Waals surface area (Å²) in [6.45, 7) is 0.345. The Morgan fingerprint density at radius 3 is 2.52 bits per heavy atom. The third-order valence-corrected chi connectivity index (χ3v) is 6.04. The molecule has 2 N–H and O–H groups in total. The number of amides is 1. The molecule has 4 rings (SSSR count). The summed E-state index contributed by atoms with van der Waals surface area (Å²) < 4.78 is 40.7. The molecular formula is C24H20F3N3O2S. The molecule has 0 fully saturated rings. The van der Waals surface area contributed by atoms with Crippen LogP contribution in [0.5, 0.6) is 5.75 Å². The van der Waals surface area contributed by atoms with Crippen LogP contribution in [0.4, 0.5) is 13.2 Å². The lowest BCUT2D eigenvalue weighted by atomic mass is 10.1. The molecular weight excluding hydrogens is 451 g/mol. The number of carbonyl (C=O) groups excluding carboxylic acids is 1. The van der Waals surface area contributed by atoms with Gasteiger partial charge in [-0.2, -0.15) is 0 Å². The highest BCUT2D eigenvalue weighted by Crippen LogP contribution is 2.32. The second kappa shape index (κ2) is 9.99. The number of fused-ring (bicyclic) bond motifs is 1. The SMILES string of the molecule is O=C(NCCc1ccc(OC(F)(F)F)cc1)c1c[nH]c2cccc(SCc3ccncc3)c12. The van der Waals surface area contributed by atoms with Crippen molar-refractivity contribution < 1.29 is 22.7 Å². The lowest BCUT2D eigenvalue weighted by molar-refractivity contribution is -0.274. The van der Waals surface area contributed by atoms with Crippen LogP contribution in [0.2, 0.25) is 0 Å². The van der Waals surface area contributed by atoms with E-state index in [0.717, 1.165) is 32.7 Å². The molecule has 0 saturated heterocycles. The molecule has 2 heterocycles. The maximum absolute atomic E-state index is 12.9. The number of hydrogen-bond acceptors (Lipinski definition) is 4. The number of rotatable bonds is 8. The van der Waals surface area contributed by atoms with E-state index in [4.69, 9.17) is 0 Å². The van der Waals surface area contributed by atoms with Crippen LogP contribution in [0.25, 0.3) is 10.9 Å². The van der Waals surface area contributed by atoms with Crippen molar-refractivity contribution in [3.63, 3.8) is 0 Å². The minimum Gasteiger partial charge on any atom is -0.406 e. The maximum atomic E-state index is 12.9. The predicted octanol–water partition coefficient (Wildman–Crippen LogP) is 5.73. The molecule has 4 aromatic rings. The van der Waals surface area contributed by atoms with Gasteiger partial charge in [0, 0.05) is 46.7 Å². The highest BCUT2D eigenvalue weighted by atomic mass is 32.2. The van der Waals surface area contributed by atoms with Crippen molar-refractivity contribution in [3.05, 3.63) is 89.9 Å². The van der Waals surface area contributed by atoms with Gasteiger partial charge in [0.2, 0.25) is 0 Å². The summed E-state index contributed by atoms with van der Waals surface area (Å²) >= 11 is 1.65. The van der Waals surface area contributed by atoms with E-state index < -0.39 is 6.36 Å². The Morgan fingerprint density at radius 2 is 1.79 bits per heavy atom. The van der Waals surface area contributed by atoms with Crippen LogP contribution in [0, 0.1) is 0 Å². The molecule has 0 spiro atoms. The van der Waals surface area contributed by atoms with Crippen molar-refractivity contribution in [3.8, 4) is 5.75 Å². The Kier molecular flexibility index (Phi) is 6.88. The summed E-state index contributed by atoms with van der Waals surface area (Å²) in [6, 6.07) is 15.4. The van der Waals surface area contributed by atoms with Crippen LogP contribution < -0.4 is 10.1 Å². The van der Waals surface area contributed by atoms with Crippen molar-refractivity contribution in [2.45, 2.75) is 23.4 Å². The van der Waals surface area contributed by atoms with Gasteiger partial charge in [-0.1, -0.05) is 18.2 Å². The summed E-state index contributed by atoms with van der Waals surface area (Å²) in [7, 11) is 0. The van der Waals surface area contributed by atoms with Crippen molar-refractivity contribution in [1.29, 1.82) is 0 Å². The second-order valence-electron chi connectivity index (χ2n) is 7.22. The van der Waals surface area contributed by atoms with E-state index in [1.807, 2.05) is 30.3 Å². The number of hydrogen-bond donors (Lipinski definition) is 2. The van der Waals surface area contributed by atoms with Gasteiger partial charge in [0.1, 0.15) is 5.75 Å². The molecule has 0 unspecified atom stereocenters. The molecule has 1 amide bonds. The van der Waals surface area contributed by atoms with E-state index in [9.17, 15) is 18.0 Å². The first-order valence-corrected chi connectivity index (χ1v) is 11.1. The molecule has 0 aliphatic heterocycles. The molecule has 2 aromatic heterocycles. The molecule has 0 aliphatic rings. The van der Waals surface area contributed by atoms with Crippen LogP contribution in [0.3, 0.4) is 0 Å². The average molecular weight is 472 g/mol. The number of nitrogens with zero attached hydrogens (tertiary/aromatic N) is 1. The number of thioether (sulfide) groups is 1. The Bertz CT molecular complexity index is 1230. The zero-order valence-corrected chi connectivity index (χ0v) is 18.2. The van der Waals surface area contributed by atoms with Crippen LogP contribution in [-0.2, 0) is 12.2 Å². The smallest absolute Gasteiger partial charge is 0.406 e. The number of carbonyl (C=O) groups is 1. The number of aromatic amines is 1. The zero-order chi connectivity index (χ0) is 23.3. The minimum atomic E-state index is -4.72. The summed E-state index contributed by atoms with van der Waals surface area (Å²) in [5.74, 6) is 0.267. The van der Waals surface area contributed by atoms with Crippen molar-refractivity contribution in [2.24, 2.45) is 0 Å². The van der Waals surface area contributed by atoms with Gasteiger partial charge in [-0.15, -0.1) is 24.9 Å². The largest absolute Gasteiger partial charge is 0.573 e. The quantitative estimate of drug-likeness (QED) is 0.322.